The van der Waals surface area contributed by atoms with E-state index in [1.165, 1.54) is 17.7 Å². The normalized spacial score (nSPS) is 43.8. The van der Waals surface area contributed by atoms with Crippen molar-refractivity contribution in [3.05, 3.63) is 21.9 Å². The van der Waals surface area contributed by atoms with Crippen molar-refractivity contribution in [3.63, 3.8) is 0 Å². The van der Waals surface area contributed by atoms with Gasteiger partial charge in [-0.25, -0.2) is 0 Å². The van der Waals surface area contributed by atoms with Gasteiger partial charge < -0.3 is 5.32 Å². The molecule has 5 unspecified atom stereocenters. The third kappa shape index (κ3) is 1.40. The summed E-state index contributed by atoms with van der Waals surface area (Å²) in [6.07, 6.45) is 4.62. The van der Waals surface area contributed by atoms with E-state index in [0.717, 1.165) is 29.6 Å². The van der Waals surface area contributed by atoms with Crippen LogP contribution in [-0.2, 0) is 0 Å². The van der Waals surface area contributed by atoms with Crippen molar-refractivity contribution >= 4 is 11.3 Å². The number of rotatable bonds is 3. The average Bonchev–Trinajstić information content (AvgIpc) is 2.73. The fourth-order valence-corrected chi connectivity index (χ4v) is 5.79. The van der Waals surface area contributed by atoms with Gasteiger partial charge in [-0.15, -0.1) is 11.3 Å². The number of aryl methyl sites for hydroxylation is 1. The zero-order valence-corrected chi connectivity index (χ0v) is 11.5. The van der Waals surface area contributed by atoms with Crippen molar-refractivity contribution in [2.24, 2.45) is 29.6 Å². The molecule has 3 fully saturated rings. The Kier molecular flexibility index (Phi) is 2.23. The molecule has 0 aliphatic heterocycles. The minimum atomic E-state index is 0.637. The summed E-state index contributed by atoms with van der Waals surface area (Å²) in [7, 11) is 2.15. The summed E-state index contributed by atoms with van der Waals surface area (Å²) in [5, 5.41) is 5.97. The summed E-state index contributed by atoms with van der Waals surface area (Å²) in [5.41, 5.74) is 1.55. The standard InChI is InChI=1S/C15H21NS/c1-8-5-11(7-17-8)15(16-2)14-12-9-3-4-10(6-9)13(12)14/h5,7,9-10,12-16H,3-4,6H2,1-2H3. The van der Waals surface area contributed by atoms with E-state index in [-0.39, 0.29) is 0 Å². The maximum atomic E-state index is 3.60. The molecule has 17 heavy (non-hydrogen) atoms. The van der Waals surface area contributed by atoms with Crippen LogP contribution in [0.3, 0.4) is 0 Å². The molecule has 1 heterocycles. The molecule has 1 nitrogen and oxygen atoms in total. The Morgan fingerprint density at radius 1 is 1.29 bits per heavy atom. The first kappa shape index (κ1) is 10.6. The predicted octanol–water partition coefficient (Wildman–Crippen LogP) is 3.61. The summed E-state index contributed by atoms with van der Waals surface area (Å²) in [6, 6.07) is 3.03. The molecule has 0 saturated heterocycles. The molecule has 0 amide bonds. The highest BCUT2D eigenvalue weighted by Crippen LogP contribution is 2.72. The van der Waals surface area contributed by atoms with Crippen molar-refractivity contribution in [1.82, 2.24) is 5.32 Å². The molecular weight excluding hydrogens is 226 g/mol. The zero-order chi connectivity index (χ0) is 11.6. The van der Waals surface area contributed by atoms with Crippen molar-refractivity contribution in [3.8, 4) is 0 Å². The summed E-state index contributed by atoms with van der Waals surface area (Å²) in [4.78, 5) is 1.45. The second-order valence-electron chi connectivity index (χ2n) is 6.32. The lowest BCUT2D eigenvalue weighted by Gasteiger charge is -2.19. The van der Waals surface area contributed by atoms with Gasteiger partial charge in [0, 0.05) is 10.9 Å². The Morgan fingerprint density at radius 2 is 2.00 bits per heavy atom. The van der Waals surface area contributed by atoms with E-state index in [1.807, 2.05) is 11.3 Å². The van der Waals surface area contributed by atoms with Crippen LogP contribution in [0.4, 0.5) is 0 Å². The third-order valence-electron chi connectivity index (χ3n) is 5.60. The van der Waals surface area contributed by atoms with Gasteiger partial charge in [0.05, 0.1) is 0 Å². The van der Waals surface area contributed by atoms with E-state index in [9.17, 15) is 0 Å². The molecule has 2 heteroatoms. The Balaban J connectivity index is 1.59. The van der Waals surface area contributed by atoms with Crippen molar-refractivity contribution in [1.29, 1.82) is 0 Å². The van der Waals surface area contributed by atoms with Gasteiger partial charge in [-0.3, -0.25) is 0 Å². The first-order chi connectivity index (χ1) is 8.29. The molecule has 4 rings (SSSR count). The molecule has 92 valence electrons. The lowest BCUT2D eigenvalue weighted by Crippen LogP contribution is -2.21. The Morgan fingerprint density at radius 3 is 2.53 bits per heavy atom. The molecule has 2 bridgehead atoms. The molecule has 3 aliphatic rings. The third-order valence-corrected chi connectivity index (χ3v) is 6.48. The Labute approximate surface area is 108 Å². The quantitative estimate of drug-likeness (QED) is 0.860. The van der Waals surface area contributed by atoms with Crippen molar-refractivity contribution < 1.29 is 0 Å². The van der Waals surface area contributed by atoms with Crippen LogP contribution >= 0.6 is 11.3 Å². The average molecular weight is 247 g/mol. The lowest BCUT2D eigenvalue weighted by molar-refractivity contribution is 0.386. The molecule has 0 aromatic carbocycles. The number of nitrogens with one attached hydrogen (secondary N) is 1. The number of hydrogen-bond donors (Lipinski definition) is 1. The minimum absolute atomic E-state index is 0.637. The first-order valence-electron chi connectivity index (χ1n) is 7.02. The van der Waals surface area contributed by atoms with Gasteiger partial charge in [0.25, 0.3) is 0 Å². The van der Waals surface area contributed by atoms with Crippen LogP contribution in [-0.4, -0.2) is 7.05 Å². The highest BCUT2D eigenvalue weighted by molar-refractivity contribution is 7.10. The molecule has 1 aromatic rings. The van der Waals surface area contributed by atoms with Crippen LogP contribution in [0.15, 0.2) is 11.4 Å². The smallest absolute Gasteiger partial charge is 0.0360 e. The van der Waals surface area contributed by atoms with Gasteiger partial charge in [-0.2, -0.15) is 0 Å². The number of fused-ring (bicyclic) bond motifs is 5. The maximum absolute atomic E-state index is 3.60. The van der Waals surface area contributed by atoms with Gasteiger partial charge in [0.1, 0.15) is 0 Å². The fourth-order valence-electron chi connectivity index (χ4n) is 5.05. The van der Waals surface area contributed by atoms with E-state index in [4.69, 9.17) is 0 Å². The minimum Gasteiger partial charge on any atom is -0.313 e. The summed E-state index contributed by atoms with van der Waals surface area (Å²) >= 11 is 1.90. The van der Waals surface area contributed by atoms with E-state index < -0.39 is 0 Å². The molecule has 3 saturated carbocycles. The maximum Gasteiger partial charge on any atom is 0.0360 e. The topological polar surface area (TPSA) is 12.0 Å². The number of hydrogen-bond acceptors (Lipinski definition) is 2. The molecule has 0 spiro atoms. The zero-order valence-electron chi connectivity index (χ0n) is 10.6. The van der Waals surface area contributed by atoms with Gasteiger partial charge in [-0.1, -0.05) is 0 Å². The fraction of sp³-hybridized carbons (Fsp3) is 0.733. The van der Waals surface area contributed by atoms with Crippen molar-refractivity contribution in [2.75, 3.05) is 7.05 Å². The summed E-state index contributed by atoms with van der Waals surface area (Å²) in [5.74, 6) is 5.29. The van der Waals surface area contributed by atoms with Crippen LogP contribution in [0.2, 0.25) is 0 Å². The second kappa shape index (κ2) is 3.58. The van der Waals surface area contributed by atoms with Gasteiger partial charge >= 0.3 is 0 Å². The van der Waals surface area contributed by atoms with Gasteiger partial charge in [0.15, 0.2) is 0 Å². The molecule has 1 N–H and O–H groups in total. The van der Waals surface area contributed by atoms with Crippen LogP contribution in [0.5, 0.6) is 0 Å². The van der Waals surface area contributed by atoms with E-state index in [2.05, 4.69) is 30.7 Å². The predicted molar refractivity (Wildman–Crippen MR) is 72.2 cm³/mol. The summed E-state index contributed by atoms with van der Waals surface area (Å²) in [6.45, 7) is 2.22. The monoisotopic (exact) mass is 247 g/mol. The SMILES string of the molecule is CNC(c1csc(C)c1)C1C2C3CCC(C3)C21. The van der Waals surface area contributed by atoms with Crippen molar-refractivity contribution in [2.45, 2.75) is 32.2 Å². The van der Waals surface area contributed by atoms with E-state index in [0.29, 0.717) is 6.04 Å². The van der Waals surface area contributed by atoms with Gasteiger partial charge in [-0.05, 0) is 79.8 Å². The van der Waals surface area contributed by atoms with Crippen LogP contribution in [0.1, 0.15) is 35.7 Å². The Bertz CT molecular complexity index is 422. The van der Waals surface area contributed by atoms with E-state index >= 15 is 0 Å². The Hall–Kier alpha value is -0.340. The van der Waals surface area contributed by atoms with Crippen LogP contribution < -0.4 is 5.32 Å². The van der Waals surface area contributed by atoms with Crippen LogP contribution in [0, 0.1) is 36.5 Å². The number of thiophene rings is 1. The molecule has 1 aromatic heterocycles. The first-order valence-corrected chi connectivity index (χ1v) is 7.90. The summed E-state index contributed by atoms with van der Waals surface area (Å²) < 4.78 is 0. The largest absolute Gasteiger partial charge is 0.313 e. The van der Waals surface area contributed by atoms with Crippen LogP contribution in [0.25, 0.3) is 0 Å². The second-order valence-corrected chi connectivity index (χ2v) is 7.44. The lowest BCUT2D eigenvalue weighted by atomic mass is 9.94. The molecule has 3 aliphatic carbocycles. The highest BCUT2D eigenvalue weighted by Gasteiger charge is 2.66. The molecule has 0 radical (unpaired) electrons. The molecular formula is C15H21NS. The van der Waals surface area contributed by atoms with Gasteiger partial charge in [0.2, 0.25) is 0 Å². The molecule has 5 atom stereocenters. The van der Waals surface area contributed by atoms with E-state index in [1.54, 1.807) is 12.0 Å². The highest BCUT2D eigenvalue weighted by atomic mass is 32.1.